The van der Waals surface area contributed by atoms with E-state index in [1.165, 1.54) is 25.3 Å². The Morgan fingerprint density at radius 3 is 2.27 bits per heavy atom. The van der Waals surface area contributed by atoms with E-state index in [0.29, 0.717) is 0 Å². The highest BCUT2D eigenvalue weighted by Gasteiger charge is 2.24. The molecular formula is C14H13NO6S. The lowest BCUT2D eigenvalue weighted by Crippen LogP contribution is -2.11. The van der Waals surface area contributed by atoms with Crippen LogP contribution in [0.2, 0.25) is 0 Å². The number of benzene rings is 2. The minimum absolute atomic E-state index is 0.0878. The van der Waals surface area contributed by atoms with Crippen LogP contribution in [0.1, 0.15) is 5.56 Å². The first-order valence-electron chi connectivity index (χ1n) is 6.17. The monoisotopic (exact) mass is 323 g/mol. The van der Waals surface area contributed by atoms with Crippen molar-refractivity contribution in [3.63, 3.8) is 0 Å². The maximum atomic E-state index is 12.2. The summed E-state index contributed by atoms with van der Waals surface area (Å²) in [4.78, 5) is 10.2. The maximum absolute atomic E-state index is 12.2. The van der Waals surface area contributed by atoms with E-state index in [1.807, 2.05) is 6.92 Å². The van der Waals surface area contributed by atoms with Gasteiger partial charge in [0.05, 0.1) is 12.0 Å². The van der Waals surface area contributed by atoms with Crippen LogP contribution in [0, 0.1) is 17.0 Å². The van der Waals surface area contributed by atoms with Gasteiger partial charge in [0.2, 0.25) is 5.75 Å². The molecule has 0 N–H and O–H groups in total. The largest absolute Gasteiger partial charge is 0.497 e. The predicted molar refractivity (Wildman–Crippen MR) is 78.6 cm³/mol. The summed E-state index contributed by atoms with van der Waals surface area (Å²) < 4.78 is 34.2. The second-order valence-corrected chi connectivity index (χ2v) is 5.99. The van der Waals surface area contributed by atoms with E-state index in [2.05, 4.69) is 0 Å². The zero-order valence-corrected chi connectivity index (χ0v) is 12.7. The summed E-state index contributed by atoms with van der Waals surface area (Å²) in [5.74, 6) is -0.148. The Kier molecular flexibility index (Phi) is 4.32. The minimum Gasteiger partial charge on any atom is -0.497 e. The van der Waals surface area contributed by atoms with Crippen LogP contribution in [-0.2, 0) is 10.1 Å². The quantitative estimate of drug-likeness (QED) is 0.477. The molecule has 0 saturated heterocycles. The fourth-order valence-corrected chi connectivity index (χ4v) is 2.65. The number of methoxy groups -OCH3 is 1. The lowest BCUT2D eigenvalue weighted by molar-refractivity contribution is -0.385. The first-order valence-corrected chi connectivity index (χ1v) is 7.58. The summed E-state index contributed by atoms with van der Waals surface area (Å²) in [5, 5.41) is 11.0. The first kappa shape index (κ1) is 15.8. The first-order chi connectivity index (χ1) is 10.3. The van der Waals surface area contributed by atoms with Crippen LogP contribution in [0.5, 0.6) is 11.5 Å². The van der Waals surface area contributed by atoms with Crippen molar-refractivity contribution in [1.82, 2.24) is 0 Å². The molecule has 0 aliphatic heterocycles. The average Bonchev–Trinajstić information content (AvgIpc) is 2.46. The van der Waals surface area contributed by atoms with Crippen molar-refractivity contribution in [2.45, 2.75) is 11.8 Å². The van der Waals surface area contributed by atoms with E-state index in [1.54, 1.807) is 12.1 Å². The highest BCUT2D eigenvalue weighted by Crippen LogP contribution is 2.33. The number of nitro benzene ring substituents is 1. The average molecular weight is 323 g/mol. The van der Waals surface area contributed by atoms with Gasteiger partial charge in [-0.25, -0.2) is 0 Å². The fourth-order valence-electron chi connectivity index (χ4n) is 1.71. The molecule has 2 aromatic carbocycles. The summed E-state index contributed by atoms with van der Waals surface area (Å²) >= 11 is 0. The van der Waals surface area contributed by atoms with Crippen LogP contribution in [0.4, 0.5) is 5.69 Å². The molecule has 0 amide bonds. The highest BCUT2D eigenvalue weighted by atomic mass is 32.2. The molecule has 0 heterocycles. The zero-order chi connectivity index (χ0) is 16.3. The molecule has 22 heavy (non-hydrogen) atoms. The smallest absolute Gasteiger partial charge is 0.339 e. The van der Waals surface area contributed by atoms with Crippen molar-refractivity contribution in [1.29, 1.82) is 0 Å². The van der Waals surface area contributed by atoms with Crippen LogP contribution in [-0.4, -0.2) is 20.5 Å². The third-order valence-electron chi connectivity index (χ3n) is 2.87. The molecule has 7 nitrogen and oxygen atoms in total. The van der Waals surface area contributed by atoms with Crippen LogP contribution < -0.4 is 8.92 Å². The molecule has 0 radical (unpaired) electrons. The Morgan fingerprint density at radius 1 is 1.09 bits per heavy atom. The van der Waals surface area contributed by atoms with Gasteiger partial charge in [0.25, 0.3) is 0 Å². The van der Waals surface area contributed by atoms with Crippen molar-refractivity contribution >= 4 is 15.8 Å². The van der Waals surface area contributed by atoms with Gasteiger partial charge in [-0.15, -0.1) is 0 Å². The van der Waals surface area contributed by atoms with E-state index in [9.17, 15) is 18.5 Å². The summed E-state index contributed by atoms with van der Waals surface area (Å²) in [6, 6.07) is 9.59. The molecule has 0 aromatic heterocycles. The number of nitro groups is 1. The number of hydrogen-bond donors (Lipinski definition) is 0. The molecule has 0 bridgehead atoms. The third-order valence-corrected chi connectivity index (χ3v) is 4.12. The molecule has 2 rings (SSSR count). The number of aryl methyl sites for hydroxylation is 1. The number of ether oxygens (including phenoxy) is 1. The molecule has 0 atom stereocenters. The van der Waals surface area contributed by atoms with Gasteiger partial charge in [0.1, 0.15) is 10.6 Å². The van der Waals surface area contributed by atoms with E-state index in [0.717, 1.165) is 17.7 Å². The van der Waals surface area contributed by atoms with Gasteiger partial charge in [-0.3, -0.25) is 10.1 Å². The van der Waals surface area contributed by atoms with Crippen molar-refractivity contribution in [2.75, 3.05) is 7.11 Å². The standard InChI is InChI=1S/C14H13NO6S/c1-10-3-6-12(7-4-10)22(18,19)21-14-9-11(20-2)5-8-13(14)15(16)17/h3-9H,1-2H3. The van der Waals surface area contributed by atoms with Gasteiger partial charge in [-0.05, 0) is 25.1 Å². The fraction of sp³-hybridized carbons (Fsp3) is 0.143. The lowest BCUT2D eigenvalue weighted by Gasteiger charge is -2.09. The molecular weight excluding hydrogens is 310 g/mol. The van der Waals surface area contributed by atoms with Crippen molar-refractivity contribution in [3.8, 4) is 11.5 Å². The van der Waals surface area contributed by atoms with E-state index >= 15 is 0 Å². The Bertz CT molecular complexity index is 799. The molecule has 0 fully saturated rings. The third kappa shape index (κ3) is 3.34. The van der Waals surface area contributed by atoms with Crippen LogP contribution in [0.25, 0.3) is 0 Å². The number of rotatable bonds is 5. The highest BCUT2D eigenvalue weighted by molar-refractivity contribution is 7.87. The van der Waals surface area contributed by atoms with Gasteiger partial charge >= 0.3 is 15.8 Å². The Balaban J connectivity index is 2.44. The minimum atomic E-state index is -4.17. The summed E-state index contributed by atoms with van der Waals surface area (Å²) in [6.07, 6.45) is 0. The molecule has 0 saturated carbocycles. The molecule has 0 unspecified atom stereocenters. The number of nitrogens with zero attached hydrogens (tertiary/aromatic N) is 1. The van der Waals surface area contributed by atoms with E-state index in [-0.39, 0.29) is 10.6 Å². The Labute approximate surface area is 127 Å². The SMILES string of the molecule is COc1ccc([N+](=O)[O-])c(OS(=O)(=O)c2ccc(C)cc2)c1. The summed E-state index contributed by atoms with van der Waals surface area (Å²) in [5.41, 5.74) is 0.419. The maximum Gasteiger partial charge on any atom is 0.339 e. The van der Waals surface area contributed by atoms with E-state index in [4.69, 9.17) is 8.92 Å². The van der Waals surface area contributed by atoms with Gasteiger partial charge in [0.15, 0.2) is 0 Å². The number of hydrogen-bond acceptors (Lipinski definition) is 6. The zero-order valence-electron chi connectivity index (χ0n) is 11.8. The van der Waals surface area contributed by atoms with Gasteiger partial charge in [0, 0.05) is 12.1 Å². The topological polar surface area (TPSA) is 95.7 Å². The van der Waals surface area contributed by atoms with Gasteiger partial charge < -0.3 is 8.92 Å². The van der Waals surface area contributed by atoms with Crippen LogP contribution in [0.15, 0.2) is 47.4 Å². The Hall–Kier alpha value is -2.61. The summed E-state index contributed by atoms with van der Waals surface area (Å²) in [7, 11) is -2.81. The van der Waals surface area contributed by atoms with Gasteiger partial charge in [-0.2, -0.15) is 8.42 Å². The van der Waals surface area contributed by atoms with Crippen molar-refractivity contribution in [2.24, 2.45) is 0 Å². The molecule has 0 aliphatic carbocycles. The predicted octanol–water partition coefficient (Wildman–Crippen LogP) is 2.68. The van der Waals surface area contributed by atoms with Crippen LogP contribution in [0.3, 0.4) is 0 Å². The second-order valence-electron chi connectivity index (χ2n) is 4.44. The van der Waals surface area contributed by atoms with Crippen molar-refractivity contribution in [3.05, 3.63) is 58.1 Å². The van der Waals surface area contributed by atoms with Crippen molar-refractivity contribution < 1.29 is 22.3 Å². The normalized spacial score (nSPS) is 11.0. The van der Waals surface area contributed by atoms with E-state index < -0.39 is 26.5 Å². The molecule has 0 aliphatic rings. The van der Waals surface area contributed by atoms with Crippen LogP contribution >= 0.6 is 0 Å². The van der Waals surface area contributed by atoms with Gasteiger partial charge in [-0.1, -0.05) is 17.7 Å². The lowest BCUT2D eigenvalue weighted by atomic mass is 10.2. The Morgan fingerprint density at radius 2 is 1.73 bits per heavy atom. The molecule has 116 valence electrons. The molecule has 8 heteroatoms. The molecule has 0 spiro atoms. The second kappa shape index (κ2) is 6.02. The molecule has 2 aromatic rings. The summed E-state index contributed by atoms with van der Waals surface area (Å²) in [6.45, 7) is 1.81.